The number of benzene rings is 2. The number of anilines is 2. The molecule has 1 aliphatic heterocycles. The van der Waals surface area contributed by atoms with Crippen molar-refractivity contribution < 1.29 is 27.1 Å². The van der Waals surface area contributed by atoms with Gasteiger partial charge in [-0.15, -0.1) is 5.10 Å². The number of hydrogen-bond donors (Lipinski definition) is 3. The first-order valence-electron chi connectivity index (χ1n) is 12.2. The van der Waals surface area contributed by atoms with Gasteiger partial charge in [-0.25, -0.2) is 18.4 Å². The third-order valence-corrected chi connectivity index (χ3v) is 7.82. The monoisotopic (exact) mass is 570 g/mol. The molecule has 4 aromatic rings. The van der Waals surface area contributed by atoms with Crippen LogP contribution in [0.1, 0.15) is 34.5 Å². The Bertz CT molecular complexity index is 1660. The Balaban J connectivity index is 1.34. The van der Waals surface area contributed by atoms with E-state index in [1.54, 1.807) is 19.1 Å². The Morgan fingerprint density at radius 2 is 1.90 bits per heavy atom. The van der Waals surface area contributed by atoms with Gasteiger partial charge in [0.2, 0.25) is 5.82 Å². The van der Waals surface area contributed by atoms with Crippen molar-refractivity contribution in [3.8, 4) is 11.5 Å². The highest BCUT2D eigenvalue weighted by molar-refractivity contribution is 7.90. The highest BCUT2D eigenvalue weighted by Crippen LogP contribution is 2.26. The fourth-order valence-electron chi connectivity index (χ4n) is 4.21. The highest BCUT2D eigenvalue weighted by atomic mass is 32.2. The first-order chi connectivity index (χ1) is 19.1. The standard InChI is InChI=1S/C25H24F2N8O4S/c1-15(14-36)35-24(30-32-33-35)22-3-2-4-23(28-22)29-25(37)20-11-17-13-34(10-9-16(17)12-21(20)27)40(38,39)31-19-7-5-18(26)6-8-19/h2-8,11-12,15,31,36H,9-10,13-14H2,1H3,(H,28,29,37)/t15-/m1/s1. The zero-order chi connectivity index (χ0) is 28.4. The lowest BCUT2D eigenvalue weighted by Gasteiger charge is -2.28. The Morgan fingerprint density at radius 1 is 1.12 bits per heavy atom. The number of nitrogens with zero attached hydrogens (tertiary/aromatic N) is 6. The molecule has 3 heterocycles. The maximum atomic E-state index is 15.0. The van der Waals surface area contributed by atoms with Crippen molar-refractivity contribution in [3.05, 3.63) is 82.9 Å². The average molecular weight is 571 g/mol. The van der Waals surface area contributed by atoms with E-state index < -0.39 is 33.8 Å². The molecule has 40 heavy (non-hydrogen) atoms. The van der Waals surface area contributed by atoms with Crippen molar-refractivity contribution in [1.29, 1.82) is 0 Å². The van der Waals surface area contributed by atoms with E-state index in [1.165, 1.54) is 39.3 Å². The van der Waals surface area contributed by atoms with Crippen LogP contribution in [0.2, 0.25) is 0 Å². The number of pyridine rings is 1. The van der Waals surface area contributed by atoms with E-state index in [0.717, 1.165) is 12.1 Å². The van der Waals surface area contributed by atoms with Crippen molar-refractivity contribution in [2.24, 2.45) is 0 Å². The predicted molar refractivity (Wildman–Crippen MR) is 140 cm³/mol. The second-order valence-corrected chi connectivity index (χ2v) is 10.8. The zero-order valence-corrected chi connectivity index (χ0v) is 21.9. The maximum absolute atomic E-state index is 15.0. The van der Waals surface area contributed by atoms with Crippen molar-refractivity contribution in [2.45, 2.75) is 25.9 Å². The van der Waals surface area contributed by atoms with Crippen LogP contribution < -0.4 is 10.0 Å². The number of carbonyl (C=O) groups excluding carboxylic acids is 1. The summed E-state index contributed by atoms with van der Waals surface area (Å²) in [7, 11) is -4.00. The summed E-state index contributed by atoms with van der Waals surface area (Å²) in [5.74, 6) is -1.65. The van der Waals surface area contributed by atoms with Crippen LogP contribution in [0, 0.1) is 11.6 Å². The number of tetrazole rings is 1. The van der Waals surface area contributed by atoms with Crippen LogP contribution in [0.3, 0.4) is 0 Å². The summed E-state index contributed by atoms with van der Waals surface area (Å²) in [6.45, 7) is 1.52. The molecule has 0 spiro atoms. The number of rotatable bonds is 8. The van der Waals surface area contributed by atoms with Gasteiger partial charge in [0.25, 0.3) is 5.91 Å². The van der Waals surface area contributed by atoms with Gasteiger partial charge < -0.3 is 10.4 Å². The third kappa shape index (κ3) is 5.66. The number of fused-ring (bicyclic) bond motifs is 1. The van der Waals surface area contributed by atoms with E-state index in [0.29, 0.717) is 16.8 Å². The summed E-state index contributed by atoms with van der Waals surface area (Å²) in [6, 6.07) is 11.8. The van der Waals surface area contributed by atoms with Crippen molar-refractivity contribution in [1.82, 2.24) is 29.5 Å². The van der Waals surface area contributed by atoms with Crippen LogP contribution in [-0.4, -0.2) is 62.1 Å². The number of nitrogens with one attached hydrogen (secondary N) is 2. The zero-order valence-electron chi connectivity index (χ0n) is 21.1. The topological polar surface area (TPSA) is 155 Å². The number of halogens is 2. The number of aromatic nitrogens is 5. The molecule has 0 saturated heterocycles. The maximum Gasteiger partial charge on any atom is 0.301 e. The molecule has 208 valence electrons. The molecule has 15 heteroatoms. The second-order valence-electron chi connectivity index (χ2n) is 9.14. The van der Waals surface area contributed by atoms with Crippen molar-refractivity contribution in [3.63, 3.8) is 0 Å². The number of amides is 1. The fraction of sp³-hybridized carbons (Fsp3) is 0.240. The van der Waals surface area contributed by atoms with Gasteiger partial charge in [-0.05, 0) is 83.4 Å². The molecule has 12 nitrogen and oxygen atoms in total. The molecule has 5 rings (SSSR count). The van der Waals surface area contributed by atoms with Crippen LogP contribution in [0.5, 0.6) is 0 Å². The molecule has 3 N–H and O–H groups in total. The molecule has 1 amide bonds. The molecule has 0 fully saturated rings. The van der Waals surface area contributed by atoms with Gasteiger partial charge in [-0.3, -0.25) is 9.52 Å². The Hall–Kier alpha value is -4.34. The smallest absolute Gasteiger partial charge is 0.301 e. The summed E-state index contributed by atoms with van der Waals surface area (Å²) in [6.07, 6.45) is 0.239. The van der Waals surface area contributed by atoms with Gasteiger partial charge >= 0.3 is 10.2 Å². The lowest BCUT2D eigenvalue weighted by Crippen LogP contribution is -2.39. The summed E-state index contributed by atoms with van der Waals surface area (Å²) in [5.41, 5.74) is 1.30. The van der Waals surface area contributed by atoms with Gasteiger partial charge in [0.05, 0.1) is 18.2 Å². The average Bonchev–Trinajstić information content (AvgIpc) is 3.43. The highest BCUT2D eigenvalue weighted by Gasteiger charge is 2.29. The van der Waals surface area contributed by atoms with Gasteiger partial charge in [0.15, 0.2) is 0 Å². The number of aliphatic hydroxyl groups is 1. The molecule has 0 radical (unpaired) electrons. The van der Waals surface area contributed by atoms with Gasteiger partial charge in [-0.1, -0.05) is 6.07 Å². The Kier molecular flexibility index (Phi) is 7.51. The molecule has 0 bridgehead atoms. The second kappa shape index (κ2) is 11.0. The van der Waals surface area contributed by atoms with E-state index in [2.05, 4.69) is 30.5 Å². The van der Waals surface area contributed by atoms with Gasteiger partial charge in [-0.2, -0.15) is 12.7 Å². The molecular weight excluding hydrogens is 546 g/mol. The number of hydrogen-bond acceptors (Lipinski definition) is 8. The molecule has 2 aromatic carbocycles. The van der Waals surface area contributed by atoms with Crippen LogP contribution >= 0.6 is 0 Å². The summed E-state index contributed by atoms with van der Waals surface area (Å²) in [4.78, 5) is 17.4. The minimum Gasteiger partial charge on any atom is -0.394 e. The lowest BCUT2D eigenvalue weighted by atomic mass is 9.97. The van der Waals surface area contributed by atoms with E-state index in [1.807, 2.05) is 0 Å². The lowest BCUT2D eigenvalue weighted by molar-refractivity contribution is 0.102. The van der Waals surface area contributed by atoms with Crippen LogP contribution in [0.25, 0.3) is 11.5 Å². The molecule has 0 unspecified atom stereocenters. The first-order valence-corrected chi connectivity index (χ1v) is 13.6. The van der Waals surface area contributed by atoms with E-state index in [4.69, 9.17) is 0 Å². The van der Waals surface area contributed by atoms with Crippen LogP contribution in [-0.2, 0) is 23.2 Å². The molecule has 1 atom stereocenters. The van der Waals surface area contributed by atoms with Crippen molar-refractivity contribution >= 4 is 27.6 Å². The summed E-state index contributed by atoms with van der Waals surface area (Å²) >= 11 is 0. The Morgan fingerprint density at radius 3 is 2.65 bits per heavy atom. The van der Waals surface area contributed by atoms with Gasteiger partial charge in [0, 0.05) is 18.8 Å². The fourth-order valence-corrected chi connectivity index (χ4v) is 5.42. The van der Waals surface area contributed by atoms with E-state index >= 15 is 0 Å². The van der Waals surface area contributed by atoms with Crippen LogP contribution in [0.15, 0.2) is 54.6 Å². The molecule has 0 saturated carbocycles. The summed E-state index contributed by atoms with van der Waals surface area (Å²) in [5, 5.41) is 23.4. The minimum absolute atomic E-state index is 0.0914. The summed E-state index contributed by atoms with van der Waals surface area (Å²) < 4.78 is 58.9. The number of carbonyl (C=O) groups is 1. The number of aliphatic hydroxyl groups excluding tert-OH is 1. The van der Waals surface area contributed by atoms with Gasteiger partial charge in [0.1, 0.15) is 23.1 Å². The molecular formula is C25H24F2N8O4S. The largest absolute Gasteiger partial charge is 0.394 e. The minimum atomic E-state index is -4.00. The molecule has 1 aliphatic rings. The Labute approximate surface area is 227 Å². The van der Waals surface area contributed by atoms with E-state index in [9.17, 15) is 27.1 Å². The van der Waals surface area contributed by atoms with Crippen LogP contribution in [0.4, 0.5) is 20.3 Å². The first kappa shape index (κ1) is 27.2. The predicted octanol–water partition coefficient (Wildman–Crippen LogP) is 2.53. The third-order valence-electron chi connectivity index (χ3n) is 6.34. The SMILES string of the molecule is C[C@H](CO)n1nnnc1-c1cccc(NC(=O)c2cc3c(cc2F)CCN(S(=O)(=O)Nc2ccc(F)cc2)C3)n1. The van der Waals surface area contributed by atoms with Crippen molar-refractivity contribution in [2.75, 3.05) is 23.2 Å². The quantitative estimate of drug-likeness (QED) is 0.292. The normalized spacial score (nSPS) is 14.4. The molecule has 0 aliphatic carbocycles. The molecule has 2 aromatic heterocycles. The van der Waals surface area contributed by atoms with E-state index in [-0.39, 0.29) is 49.0 Å².